The number of H-pyrrole nitrogens is 1. The molecule has 0 amide bonds. The van der Waals surface area contributed by atoms with Crippen molar-refractivity contribution in [1.82, 2.24) is 9.97 Å². The van der Waals surface area contributed by atoms with E-state index in [9.17, 15) is 4.79 Å². The molecule has 0 saturated heterocycles. The van der Waals surface area contributed by atoms with Gasteiger partial charge in [0, 0.05) is 17.0 Å². The summed E-state index contributed by atoms with van der Waals surface area (Å²) < 4.78 is 0. The van der Waals surface area contributed by atoms with Gasteiger partial charge < -0.3 is 4.98 Å². The monoisotopic (exact) mass is 230 g/mol. The van der Waals surface area contributed by atoms with Crippen molar-refractivity contribution in [2.75, 3.05) is 0 Å². The van der Waals surface area contributed by atoms with Crippen LogP contribution in [-0.2, 0) is 0 Å². The van der Waals surface area contributed by atoms with Crippen LogP contribution in [0.3, 0.4) is 0 Å². The van der Waals surface area contributed by atoms with E-state index in [1.807, 2.05) is 40.7 Å². The van der Waals surface area contributed by atoms with Crippen LogP contribution in [-0.4, -0.2) is 9.97 Å². The molecule has 0 bridgehead atoms. The summed E-state index contributed by atoms with van der Waals surface area (Å²) in [5.41, 5.74) is 4.55. The fourth-order valence-electron chi connectivity index (χ4n) is 2.46. The second-order valence-electron chi connectivity index (χ2n) is 4.95. The lowest BCUT2D eigenvalue weighted by molar-refractivity contribution is 0.837. The van der Waals surface area contributed by atoms with Crippen LogP contribution in [0.15, 0.2) is 10.9 Å². The van der Waals surface area contributed by atoms with Crippen LogP contribution in [0.1, 0.15) is 42.3 Å². The van der Waals surface area contributed by atoms with Gasteiger partial charge in [0.25, 0.3) is 0 Å². The molecule has 0 aromatic carbocycles. The maximum atomic E-state index is 12.5. The minimum absolute atomic E-state index is 0.122. The first-order valence-electron chi connectivity index (χ1n) is 5.92. The number of hydrogen-bond acceptors (Lipinski definition) is 2. The van der Waals surface area contributed by atoms with Gasteiger partial charge in [-0.1, -0.05) is 13.8 Å². The normalized spacial score (nSPS) is 11.4. The summed E-state index contributed by atoms with van der Waals surface area (Å²) >= 11 is 0. The minimum Gasteiger partial charge on any atom is -0.343 e. The largest absolute Gasteiger partial charge is 0.343 e. The first-order chi connectivity index (χ1) is 7.91. The van der Waals surface area contributed by atoms with Gasteiger partial charge in [0.2, 0.25) is 0 Å². The average Bonchev–Trinajstić information content (AvgIpc) is 2.13. The number of rotatable bonds is 1. The minimum atomic E-state index is 0.122. The van der Waals surface area contributed by atoms with Gasteiger partial charge in [0.05, 0.1) is 5.39 Å². The highest BCUT2D eigenvalue weighted by Gasteiger charge is 2.14. The molecular weight excluding hydrogens is 212 g/mol. The second kappa shape index (κ2) is 3.99. The molecule has 2 rings (SSSR count). The molecule has 1 N–H and O–H groups in total. The molecule has 17 heavy (non-hydrogen) atoms. The maximum absolute atomic E-state index is 12.5. The Balaban J connectivity index is 2.98. The maximum Gasteiger partial charge on any atom is 0.194 e. The van der Waals surface area contributed by atoms with E-state index in [1.165, 1.54) is 0 Å². The molecular formula is C14H18N2O. The zero-order valence-corrected chi connectivity index (χ0v) is 11.0. The van der Waals surface area contributed by atoms with Crippen LogP contribution in [0.4, 0.5) is 0 Å². The van der Waals surface area contributed by atoms with Crippen LogP contribution >= 0.6 is 0 Å². The van der Waals surface area contributed by atoms with Crippen LogP contribution in [0.2, 0.25) is 0 Å². The summed E-state index contributed by atoms with van der Waals surface area (Å²) in [5.74, 6) is 0.226. The van der Waals surface area contributed by atoms with Crippen LogP contribution in [0.5, 0.6) is 0 Å². The fourth-order valence-corrected chi connectivity index (χ4v) is 2.46. The van der Waals surface area contributed by atoms with Gasteiger partial charge in [-0.25, -0.2) is 4.98 Å². The molecule has 3 nitrogen and oxygen atoms in total. The zero-order chi connectivity index (χ0) is 12.7. The third-order valence-corrected chi connectivity index (χ3v) is 3.10. The Morgan fingerprint density at radius 1 is 1.24 bits per heavy atom. The summed E-state index contributed by atoms with van der Waals surface area (Å²) in [6.07, 6.45) is 0. The van der Waals surface area contributed by atoms with Crippen LogP contribution in [0.25, 0.3) is 11.0 Å². The summed E-state index contributed by atoms with van der Waals surface area (Å²) in [7, 11) is 0. The summed E-state index contributed by atoms with van der Waals surface area (Å²) in [6, 6.07) is 1.96. The average molecular weight is 230 g/mol. The summed E-state index contributed by atoms with van der Waals surface area (Å²) in [6.45, 7) is 9.93. The standard InChI is InChI=1S/C14H18N2O/c1-7(2)11-10(5)16-14-12(13(11)17)8(3)6-9(4)15-14/h6-7H,1-5H3,(H,15,16,17). The highest BCUT2D eigenvalue weighted by atomic mass is 16.1. The van der Waals surface area contributed by atoms with E-state index in [0.29, 0.717) is 5.65 Å². The van der Waals surface area contributed by atoms with E-state index >= 15 is 0 Å². The van der Waals surface area contributed by atoms with Gasteiger partial charge in [0.15, 0.2) is 5.43 Å². The van der Waals surface area contributed by atoms with E-state index in [0.717, 1.165) is 27.9 Å². The van der Waals surface area contributed by atoms with E-state index in [4.69, 9.17) is 0 Å². The van der Waals surface area contributed by atoms with Gasteiger partial charge in [-0.05, 0) is 38.3 Å². The number of pyridine rings is 2. The predicted molar refractivity (Wildman–Crippen MR) is 70.7 cm³/mol. The number of nitrogens with one attached hydrogen (secondary N) is 1. The van der Waals surface area contributed by atoms with Crippen molar-refractivity contribution in [3.8, 4) is 0 Å². The zero-order valence-electron chi connectivity index (χ0n) is 11.0. The third kappa shape index (κ3) is 1.86. The van der Waals surface area contributed by atoms with E-state index in [1.54, 1.807) is 0 Å². The molecule has 3 heteroatoms. The number of fused-ring (bicyclic) bond motifs is 1. The Bertz CT molecular complexity index is 639. The highest BCUT2D eigenvalue weighted by Crippen LogP contribution is 2.19. The molecule has 0 radical (unpaired) electrons. The molecule has 90 valence electrons. The lowest BCUT2D eigenvalue weighted by Crippen LogP contribution is -2.16. The van der Waals surface area contributed by atoms with Gasteiger partial charge >= 0.3 is 0 Å². The molecule has 0 atom stereocenters. The number of aromatic amines is 1. The predicted octanol–water partition coefficient (Wildman–Crippen LogP) is 2.97. The van der Waals surface area contributed by atoms with Crippen molar-refractivity contribution in [2.45, 2.75) is 40.5 Å². The van der Waals surface area contributed by atoms with Gasteiger partial charge in [-0.15, -0.1) is 0 Å². The topological polar surface area (TPSA) is 45.8 Å². The van der Waals surface area contributed by atoms with Crippen molar-refractivity contribution in [1.29, 1.82) is 0 Å². The fraction of sp³-hybridized carbons (Fsp3) is 0.429. The molecule has 2 aromatic heterocycles. The van der Waals surface area contributed by atoms with Crippen molar-refractivity contribution < 1.29 is 0 Å². The van der Waals surface area contributed by atoms with E-state index in [-0.39, 0.29) is 11.3 Å². The molecule has 0 aliphatic rings. The van der Waals surface area contributed by atoms with E-state index < -0.39 is 0 Å². The van der Waals surface area contributed by atoms with Gasteiger partial charge in [0.1, 0.15) is 5.65 Å². The van der Waals surface area contributed by atoms with Crippen molar-refractivity contribution >= 4 is 11.0 Å². The second-order valence-corrected chi connectivity index (χ2v) is 4.95. The molecule has 0 unspecified atom stereocenters. The molecule has 2 heterocycles. The van der Waals surface area contributed by atoms with Crippen molar-refractivity contribution in [2.24, 2.45) is 0 Å². The first-order valence-corrected chi connectivity index (χ1v) is 5.92. The number of hydrogen-bond donors (Lipinski definition) is 1. The summed E-state index contributed by atoms with van der Waals surface area (Å²) in [5, 5.41) is 0.727. The first kappa shape index (κ1) is 11.8. The smallest absolute Gasteiger partial charge is 0.194 e. The Morgan fingerprint density at radius 2 is 1.88 bits per heavy atom. The third-order valence-electron chi connectivity index (χ3n) is 3.10. The lowest BCUT2D eigenvalue weighted by Gasteiger charge is -2.12. The van der Waals surface area contributed by atoms with Crippen LogP contribution in [0, 0.1) is 20.8 Å². The molecule has 0 fully saturated rings. The highest BCUT2D eigenvalue weighted by molar-refractivity contribution is 5.79. The molecule has 0 aliphatic carbocycles. The molecule has 0 aliphatic heterocycles. The Morgan fingerprint density at radius 3 is 2.47 bits per heavy atom. The number of aryl methyl sites for hydroxylation is 3. The van der Waals surface area contributed by atoms with Crippen LogP contribution < -0.4 is 5.43 Å². The quantitative estimate of drug-likeness (QED) is 0.818. The van der Waals surface area contributed by atoms with Gasteiger partial charge in [-0.3, -0.25) is 4.79 Å². The Hall–Kier alpha value is -1.64. The SMILES string of the molecule is Cc1cc(C)c2c(=O)c(C(C)C)c(C)[nH]c2n1. The van der Waals surface area contributed by atoms with Gasteiger partial charge in [-0.2, -0.15) is 0 Å². The molecule has 2 aromatic rings. The van der Waals surface area contributed by atoms with E-state index in [2.05, 4.69) is 9.97 Å². The molecule has 0 spiro atoms. The van der Waals surface area contributed by atoms with Crippen molar-refractivity contribution in [3.63, 3.8) is 0 Å². The Kier molecular flexibility index (Phi) is 2.77. The lowest BCUT2D eigenvalue weighted by atomic mass is 9.98. The Labute approximate surface area is 101 Å². The number of nitrogens with zero attached hydrogens (tertiary/aromatic N) is 1. The van der Waals surface area contributed by atoms with Crippen molar-refractivity contribution in [3.05, 3.63) is 38.8 Å². The summed E-state index contributed by atoms with van der Waals surface area (Å²) in [4.78, 5) is 20.1. The molecule has 0 saturated carbocycles. The number of aromatic nitrogens is 2.